The summed E-state index contributed by atoms with van der Waals surface area (Å²) in [6, 6.07) is 0. The monoisotopic (exact) mass is 248 g/mol. The lowest BCUT2D eigenvalue weighted by molar-refractivity contribution is -0.163. The maximum Gasteiger partial charge on any atom is 0.339 e. The third-order valence-corrected chi connectivity index (χ3v) is 7.62. The molecule has 96 valence electrons. The average molecular weight is 248 g/mol. The van der Waals surface area contributed by atoms with Gasteiger partial charge in [0.2, 0.25) is 0 Å². The number of carbonyl (C=O) groups is 1. The van der Waals surface area contributed by atoms with Gasteiger partial charge in [0.25, 0.3) is 0 Å². The van der Waals surface area contributed by atoms with Gasteiger partial charge in [-0.15, -0.1) is 0 Å². The molecular weight excluding hydrogens is 224 g/mol. The molecule has 0 aliphatic carbocycles. The molecule has 0 aliphatic rings. The van der Waals surface area contributed by atoms with Crippen molar-refractivity contribution in [2.24, 2.45) is 0 Å². The summed E-state index contributed by atoms with van der Waals surface area (Å²) in [5.74, 6) is -0.661. The third kappa shape index (κ3) is 3.88. The summed E-state index contributed by atoms with van der Waals surface area (Å²) < 4.78 is 10.3. The number of methoxy groups -OCH3 is 1. The normalized spacial score (nSPS) is 16.8. The van der Waals surface area contributed by atoms with Crippen LogP contribution in [0.1, 0.15) is 27.7 Å². The number of rotatable bonds is 4. The molecule has 0 bridgehead atoms. The van der Waals surface area contributed by atoms with Crippen molar-refractivity contribution in [2.75, 3.05) is 13.7 Å². The Bertz CT molecular complexity index is 253. The fourth-order valence-electron chi connectivity index (χ4n) is 0.816. The summed E-state index contributed by atoms with van der Waals surface area (Å²) >= 11 is 0. The standard InChI is InChI=1S/C11H24O4Si/c1-10(2,3)16(6,7)15-8-11(4,13)9(12)14-5/h13H,8H2,1-7H3. The number of hydrogen-bond acceptors (Lipinski definition) is 4. The third-order valence-electron chi connectivity index (χ3n) is 3.15. The first-order valence-electron chi connectivity index (χ1n) is 5.39. The molecule has 0 spiro atoms. The molecule has 0 amide bonds. The molecule has 1 N–H and O–H groups in total. The van der Waals surface area contributed by atoms with Crippen LogP contribution in [0, 0.1) is 0 Å². The van der Waals surface area contributed by atoms with E-state index in [1.807, 2.05) is 0 Å². The number of ether oxygens (including phenoxy) is 1. The zero-order valence-electron chi connectivity index (χ0n) is 11.4. The highest BCUT2D eigenvalue weighted by molar-refractivity contribution is 6.74. The highest BCUT2D eigenvalue weighted by Crippen LogP contribution is 2.36. The first-order valence-corrected chi connectivity index (χ1v) is 8.29. The van der Waals surface area contributed by atoms with Gasteiger partial charge in [0.05, 0.1) is 13.7 Å². The Labute approximate surface area is 99.1 Å². The maximum absolute atomic E-state index is 11.3. The van der Waals surface area contributed by atoms with Gasteiger partial charge >= 0.3 is 5.97 Å². The van der Waals surface area contributed by atoms with E-state index < -0.39 is 19.9 Å². The fraction of sp³-hybridized carbons (Fsp3) is 0.909. The van der Waals surface area contributed by atoms with E-state index >= 15 is 0 Å². The second-order valence-electron chi connectivity index (χ2n) is 5.81. The lowest BCUT2D eigenvalue weighted by Crippen LogP contribution is -2.48. The summed E-state index contributed by atoms with van der Waals surface area (Å²) in [4.78, 5) is 11.3. The van der Waals surface area contributed by atoms with Crippen molar-refractivity contribution in [2.45, 2.75) is 51.4 Å². The van der Waals surface area contributed by atoms with Crippen LogP contribution in [-0.2, 0) is 14.0 Å². The van der Waals surface area contributed by atoms with E-state index in [4.69, 9.17) is 4.43 Å². The summed E-state index contributed by atoms with van der Waals surface area (Å²) in [6.45, 7) is 11.8. The highest BCUT2D eigenvalue weighted by Gasteiger charge is 2.41. The predicted octanol–water partition coefficient (Wildman–Crippen LogP) is 1.93. The Morgan fingerprint density at radius 3 is 2.00 bits per heavy atom. The van der Waals surface area contributed by atoms with Crippen molar-refractivity contribution in [1.82, 2.24) is 0 Å². The van der Waals surface area contributed by atoms with Gasteiger partial charge in [0, 0.05) is 0 Å². The van der Waals surface area contributed by atoms with Gasteiger partial charge in [-0.3, -0.25) is 0 Å². The zero-order chi connectivity index (χ0) is 13.2. The molecule has 0 saturated heterocycles. The first kappa shape index (κ1) is 15.6. The van der Waals surface area contributed by atoms with Crippen LogP contribution in [0.3, 0.4) is 0 Å². The number of esters is 1. The largest absolute Gasteiger partial charge is 0.467 e. The van der Waals surface area contributed by atoms with Gasteiger partial charge in [-0.2, -0.15) is 0 Å². The van der Waals surface area contributed by atoms with Crippen LogP contribution in [0.4, 0.5) is 0 Å². The van der Waals surface area contributed by atoms with Crippen LogP contribution >= 0.6 is 0 Å². The molecule has 0 radical (unpaired) electrons. The topological polar surface area (TPSA) is 55.8 Å². The Hall–Kier alpha value is -0.393. The van der Waals surface area contributed by atoms with Crippen LogP contribution in [-0.4, -0.2) is 38.7 Å². The minimum Gasteiger partial charge on any atom is -0.467 e. The molecule has 0 heterocycles. The summed E-state index contributed by atoms with van der Waals surface area (Å²) in [5, 5.41) is 9.89. The molecule has 1 atom stereocenters. The van der Waals surface area contributed by atoms with Gasteiger partial charge in [0.1, 0.15) is 0 Å². The molecule has 0 rings (SSSR count). The molecule has 1 unspecified atom stereocenters. The van der Waals surface area contributed by atoms with Crippen LogP contribution < -0.4 is 0 Å². The maximum atomic E-state index is 11.3. The summed E-state index contributed by atoms with van der Waals surface area (Å²) in [7, 11) is -0.688. The van der Waals surface area contributed by atoms with Gasteiger partial charge in [-0.25, -0.2) is 4.79 Å². The quantitative estimate of drug-likeness (QED) is 0.610. The van der Waals surface area contributed by atoms with Crippen LogP contribution in [0.15, 0.2) is 0 Å². The van der Waals surface area contributed by atoms with E-state index in [2.05, 4.69) is 38.6 Å². The smallest absolute Gasteiger partial charge is 0.339 e. The molecule has 0 saturated carbocycles. The van der Waals surface area contributed by atoms with E-state index in [-0.39, 0.29) is 11.6 Å². The van der Waals surface area contributed by atoms with E-state index in [9.17, 15) is 9.90 Å². The summed E-state index contributed by atoms with van der Waals surface area (Å²) in [6.07, 6.45) is 0. The molecule has 4 nitrogen and oxygen atoms in total. The molecule has 0 aromatic heterocycles. The Morgan fingerprint density at radius 1 is 1.25 bits per heavy atom. The van der Waals surface area contributed by atoms with Gasteiger partial charge < -0.3 is 14.3 Å². The van der Waals surface area contributed by atoms with Gasteiger partial charge in [-0.05, 0) is 25.1 Å². The Morgan fingerprint density at radius 2 is 1.69 bits per heavy atom. The Kier molecular flexibility index (Phi) is 4.73. The van der Waals surface area contributed by atoms with Crippen molar-refractivity contribution in [3.8, 4) is 0 Å². The number of hydrogen-bond donors (Lipinski definition) is 1. The second kappa shape index (κ2) is 4.85. The van der Waals surface area contributed by atoms with E-state index in [1.54, 1.807) is 0 Å². The molecule has 0 aliphatic heterocycles. The van der Waals surface area contributed by atoms with E-state index in [0.717, 1.165) is 0 Å². The summed E-state index contributed by atoms with van der Waals surface area (Å²) in [5.41, 5.74) is -1.57. The van der Waals surface area contributed by atoms with E-state index in [1.165, 1.54) is 14.0 Å². The lowest BCUT2D eigenvalue weighted by Gasteiger charge is -2.37. The van der Waals surface area contributed by atoms with Crippen molar-refractivity contribution >= 4 is 14.3 Å². The minimum absolute atomic E-state index is 0.0177. The number of aliphatic hydroxyl groups is 1. The van der Waals surface area contributed by atoms with Gasteiger partial charge in [-0.1, -0.05) is 20.8 Å². The van der Waals surface area contributed by atoms with Crippen molar-refractivity contribution in [1.29, 1.82) is 0 Å². The highest BCUT2D eigenvalue weighted by atomic mass is 28.4. The fourth-order valence-corrected chi connectivity index (χ4v) is 1.89. The van der Waals surface area contributed by atoms with Crippen LogP contribution in [0.2, 0.25) is 18.1 Å². The van der Waals surface area contributed by atoms with Crippen molar-refractivity contribution in [3.63, 3.8) is 0 Å². The zero-order valence-corrected chi connectivity index (χ0v) is 12.4. The van der Waals surface area contributed by atoms with E-state index in [0.29, 0.717) is 0 Å². The van der Waals surface area contributed by atoms with Gasteiger partial charge in [0.15, 0.2) is 13.9 Å². The van der Waals surface area contributed by atoms with Crippen molar-refractivity contribution < 1.29 is 19.1 Å². The SMILES string of the molecule is COC(=O)C(C)(O)CO[Si](C)(C)C(C)(C)C. The molecule has 5 heteroatoms. The van der Waals surface area contributed by atoms with Crippen LogP contribution in [0.5, 0.6) is 0 Å². The number of carbonyl (C=O) groups excluding carboxylic acids is 1. The predicted molar refractivity (Wildman–Crippen MR) is 65.8 cm³/mol. The molecular formula is C11H24O4Si. The molecule has 0 aromatic carbocycles. The first-order chi connectivity index (χ1) is 6.94. The van der Waals surface area contributed by atoms with Crippen molar-refractivity contribution in [3.05, 3.63) is 0 Å². The van der Waals surface area contributed by atoms with Crippen LogP contribution in [0.25, 0.3) is 0 Å². The minimum atomic E-state index is -1.94. The second-order valence-corrected chi connectivity index (χ2v) is 10.6. The Balaban J connectivity index is 4.52. The average Bonchev–Trinajstić information content (AvgIpc) is 2.12. The molecule has 0 fully saturated rings. The lowest BCUT2D eigenvalue weighted by atomic mass is 10.1. The molecule has 16 heavy (non-hydrogen) atoms. The molecule has 0 aromatic rings.